The lowest BCUT2D eigenvalue weighted by Gasteiger charge is -2.20. The molecule has 100 valence electrons. The van der Waals surface area contributed by atoms with Gasteiger partial charge in [-0.25, -0.2) is 0 Å². The molecule has 0 saturated heterocycles. The van der Waals surface area contributed by atoms with E-state index in [4.69, 9.17) is 4.74 Å². The van der Waals surface area contributed by atoms with E-state index in [-0.39, 0.29) is 5.54 Å². The first-order valence-corrected chi connectivity index (χ1v) is 7.03. The van der Waals surface area contributed by atoms with Gasteiger partial charge in [0.15, 0.2) is 0 Å². The molecule has 1 aromatic rings. The van der Waals surface area contributed by atoms with Gasteiger partial charge in [-0.3, -0.25) is 0 Å². The molecule has 1 aromatic carbocycles. The van der Waals surface area contributed by atoms with E-state index >= 15 is 0 Å². The summed E-state index contributed by atoms with van der Waals surface area (Å²) in [6.07, 6.45) is 3.75. The molecule has 1 N–H and O–H groups in total. The molecule has 0 amide bonds. The van der Waals surface area contributed by atoms with E-state index in [0.717, 1.165) is 18.9 Å². The third-order valence-electron chi connectivity index (χ3n) is 3.43. The minimum absolute atomic E-state index is 0.239. The van der Waals surface area contributed by atoms with Crippen molar-refractivity contribution in [1.29, 1.82) is 0 Å². The zero-order valence-electron chi connectivity index (χ0n) is 11.8. The van der Waals surface area contributed by atoms with E-state index in [1.165, 1.54) is 24.8 Å². The lowest BCUT2D eigenvalue weighted by atomic mass is 9.95. The third-order valence-corrected chi connectivity index (χ3v) is 3.43. The quantitative estimate of drug-likeness (QED) is 0.801. The summed E-state index contributed by atoms with van der Waals surface area (Å²) in [7, 11) is 0. The number of hydrogen-bond acceptors (Lipinski definition) is 2. The van der Waals surface area contributed by atoms with Gasteiger partial charge in [0, 0.05) is 17.0 Å². The molecule has 1 atom stereocenters. The Hall–Kier alpha value is -1.02. The maximum absolute atomic E-state index is 5.71. The van der Waals surface area contributed by atoms with Crippen molar-refractivity contribution in [3.63, 3.8) is 0 Å². The Morgan fingerprint density at radius 2 is 2.00 bits per heavy atom. The first-order chi connectivity index (χ1) is 8.56. The second kappa shape index (κ2) is 5.75. The minimum atomic E-state index is 0.239. The summed E-state index contributed by atoms with van der Waals surface area (Å²) in [5.74, 6) is 1.70. The highest BCUT2D eigenvalue weighted by Crippen LogP contribution is 2.36. The number of benzene rings is 1. The highest BCUT2D eigenvalue weighted by atomic mass is 16.5. The van der Waals surface area contributed by atoms with Gasteiger partial charge in [0.1, 0.15) is 5.75 Å². The van der Waals surface area contributed by atoms with Gasteiger partial charge in [0.2, 0.25) is 0 Å². The van der Waals surface area contributed by atoms with Crippen molar-refractivity contribution in [3.05, 3.63) is 29.8 Å². The second-order valence-electron chi connectivity index (χ2n) is 6.22. The van der Waals surface area contributed by atoms with Crippen molar-refractivity contribution >= 4 is 0 Å². The lowest BCUT2D eigenvalue weighted by molar-refractivity contribution is 0.321. The van der Waals surface area contributed by atoms with Crippen LogP contribution in [-0.4, -0.2) is 18.7 Å². The Bertz CT molecular complexity index is 381. The molecule has 18 heavy (non-hydrogen) atoms. The van der Waals surface area contributed by atoms with Gasteiger partial charge in [-0.2, -0.15) is 0 Å². The average Bonchev–Trinajstić information content (AvgIpc) is 2.71. The predicted octanol–water partition coefficient (Wildman–Crippen LogP) is 3.72. The van der Waals surface area contributed by atoms with Gasteiger partial charge >= 0.3 is 0 Å². The van der Waals surface area contributed by atoms with Crippen molar-refractivity contribution in [1.82, 2.24) is 5.32 Å². The molecule has 1 aliphatic rings. The monoisotopic (exact) mass is 247 g/mol. The average molecular weight is 247 g/mol. The topological polar surface area (TPSA) is 21.3 Å². The number of para-hydroxylation sites is 1. The smallest absolute Gasteiger partial charge is 0.122 e. The van der Waals surface area contributed by atoms with E-state index < -0.39 is 0 Å². The molecule has 0 aromatic heterocycles. The number of nitrogens with one attached hydrogen (secondary N) is 1. The Balaban J connectivity index is 1.70. The van der Waals surface area contributed by atoms with E-state index in [1.807, 2.05) is 0 Å². The van der Waals surface area contributed by atoms with Crippen molar-refractivity contribution in [3.8, 4) is 5.75 Å². The zero-order chi connectivity index (χ0) is 13.0. The number of ether oxygens (including phenoxy) is 1. The van der Waals surface area contributed by atoms with Gasteiger partial charge in [-0.05, 0) is 46.2 Å². The molecule has 1 unspecified atom stereocenters. The Kier molecular flexibility index (Phi) is 4.28. The normalized spacial score (nSPS) is 18.5. The SMILES string of the molecule is CC(C)(C)NCCCCC1COc2ccccc21. The fourth-order valence-corrected chi connectivity index (χ4v) is 2.45. The van der Waals surface area contributed by atoms with Crippen LogP contribution in [0.25, 0.3) is 0 Å². The maximum atomic E-state index is 5.71. The van der Waals surface area contributed by atoms with Crippen molar-refractivity contribution in [2.45, 2.75) is 51.5 Å². The molecule has 0 fully saturated rings. The largest absolute Gasteiger partial charge is 0.493 e. The molecule has 1 heterocycles. The lowest BCUT2D eigenvalue weighted by Crippen LogP contribution is -2.36. The molecule has 2 heteroatoms. The fourth-order valence-electron chi connectivity index (χ4n) is 2.45. The van der Waals surface area contributed by atoms with Crippen molar-refractivity contribution in [2.75, 3.05) is 13.2 Å². The van der Waals surface area contributed by atoms with E-state index in [2.05, 4.69) is 50.4 Å². The van der Waals surface area contributed by atoms with Crippen LogP contribution in [0, 0.1) is 0 Å². The molecule has 0 saturated carbocycles. The molecule has 2 nitrogen and oxygen atoms in total. The zero-order valence-corrected chi connectivity index (χ0v) is 11.8. The summed E-state index contributed by atoms with van der Waals surface area (Å²) in [6, 6.07) is 8.45. The van der Waals surface area contributed by atoms with E-state index in [9.17, 15) is 0 Å². The Morgan fingerprint density at radius 1 is 1.22 bits per heavy atom. The van der Waals surface area contributed by atoms with Gasteiger partial charge in [0.05, 0.1) is 6.61 Å². The predicted molar refractivity (Wildman–Crippen MR) is 76.3 cm³/mol. The van der Waals surface area contributed by atoms with Gasteiger partial charge in [-0.15, -0.1) is 0 Å². The van der Waals surface area contributed by atoms with E-state index in [0.29, 0.717) is 5.92 Å². The number of unbranched alkanes of at least 4 members (excludes halogenated alkanes) is 1. The summed E-state index contributed by atoms with van der Waals surface area (Å²) < 4.78 is 5.71. The van der Waals surface area contributed by atoms with Crippen LogP contribution in [0.3, 0.4) is 0 Å². The van der Waals surface area contributed by atoms with Crippen molar-refractivity contribution < 1.29 is 4.74 Å². The fraction of sp³-hybridized carbons (Fsp3) is 0.625. The van der Waals surface area contributed by atoms with Crippen molar-refractivity contribution in [2.24, 2.45) is 0 Å². The van der Waals surface area contributed by atoms with Crippen LogP contribution < -0.4 is 10.1 Å². The molecular weight excluding hydrogens is 222 g/mol. The summed E-state index contributed by atoms with van der Waals surface area (Å²) in [4.78, 5) is 0. The third kappa shape index (κ3) is 3.74. The molecular formula is C16H25NO. The van der Waals surface area contributed by atoms with Gasteiger partial charge in [0.25, 0.3) is 0 Å². The summed E-state index contributed by atoms with van der Waals surface area (Å²) in [6.45, 7) is 8.63. The van der Waals surface area contributed by atoms with Gasteiger partial charge < -0.3 is 10.1 Å². The van der Waals surface area contributed by atoms with Crippen LogP contribution in [-0.2, 0) is 0 Å². The van der Waals surface area contributed by atoms with Crippen LogP contribution >= 0.6 is 0 Å². The molecule has 0 bridgehead atoms. The highest BCUT2D eigenvalue weighted by molar-refractivity contribution is 5.39. The number of fused-ring (bicyclic) bond motifs is 1. The van der Waals surface area contributed by atoms with Crippen LogP contribution in [0.4, 0.5) is 0 Å². The number of hydrogen-bond donors (Lipinski definition) is 1. The molecule has 0 aliphatic carbocycles. The molecule has 0 spiro atoms. The molecule has 1 aliphatic heterocycles. The Labute approximate surface area is 111 Å². The van der Waals surface area contributed by atoms with Crippen LogP contribution in [0.5, 0.6) is 5.75 Å². The van der Waals surface area contributed by atoms with E-state index in [1.54, 1.807) is 0 Å². The van der Waals surface area contributed by atoms with Crippen LogP contribution in [0.15, 0.2) is 24.3 Å². The second-order valence-corrected chi connectivity index (χ2v) is 6.22. The summed E-state index contributed by atoms with van der Waals surface area (Å²) >= 11 is 0. The van der Waals surface area contributed by atoms with Crippen LogP contribution in [0.2, 0.25) is 0 Å². The minimum Gasteiger partial charge on any atom is -0.493 e. The summed E-state index contributed by atoms with van der Waals surface area (Å²) in [5.41, 5.74) is 1.64. The van der Waals surface area contributed by atoms with Crippen LogP contribution in [0.1, 0.15) is 51.5 Å². The molecule has 2 rings (SSSR count). The first kappa shape index (κ1) is 13.4. The Morgan fingerprint density at radius 3 is 2.78 bits per heavy atom. The molecule has 0 radical (unpaired) electrons. The summed E-state index contributed by atoms with van der Waals surface area (Å²) in [5, 5.41) is 3.54. The maximum Gasteiger partial charge on any atom is 0.122 e. The van der Waals surface area contributed by atoms with Gasteiger partial charge in [-0.1, -0.05) is 24.6 Å². The first-order valence-electron chi connectivity index (χ1n) is 7.03. The highest BCUT2D eigenvalue weighted by Gasteiger charge is 2.22. The standard InChI is InChI=1S/C16H25NO/c1-16(2,3)17-11-7-6-8-13-12-18-15-10-5-4-9-14(13)15/h4-5,9-10,13,17H,6-8,11-12H2,1-3H3. The number of rotatable bonds is 5.